The van der Waals surface area contributed by atoms with Crippen molar-refractivity contribution in [2.24, 2.45) is 5.92 Å². The molecule has 0 fully saturated rings. The van der Waals surface area contributed by atoms with Crippen molar-refractivity contribution < 1.29 is 5.11 Å². The standard InChI is InChI=1S/C12H19NO/c1-4-12(9(2)3)13-10-6-5-7-11(14)8-10/h5-9,12-14H,4H2,1-3H3. The molecule has 14 heavy (non-hydrogen) atoms. The molecule has 0 aromatic heterocycles. The van der Waals surface area contributed by atoms with Gasteiger partial charge in [-0.15, -0.1) is 0 Å². The minimum atomic E-state index is 0.314. The third-order valence-electron chi connectivity index (χ3n) is 2.44. The molecule has 0 saturated carbocycles. The van der Waals surface area contributed by atoms with Gasteiger partial charge in [-0.05, 0) is 24.5 Å². The lowest BCUT2D eigenvalue weighted by atomic mass is 10.0. The van der Waals surface area contributed by atoms with Crippen LogP contribution in [0.25, 0.3) is 0 Å². The van der Waals surface area contributed by atoms with E-state index < -0.39 is 0 Å². The number of phenols is 1. The Morgan fingerprint density at radius 2 is 2.07 bits per heavy atom. The van der Waals surface area contributed by atoms with Gasteiger partial charge in [-0.2, -0.15) is 0 Å². The van der Waals surface area contributed by atoms with Crippen LogP contribution in [0, 0.1) is 5.92 Å². The zero-order chi connectivity index (χ0) is 10.6. The van der Waals surface area contributed by atoms with Crippen LogP contribution in [-0.4, -0.2) is 11.1 Å². The molecular formula is C12H19NO. The Labute approximate surface area is 86.0 Å². The molecule has 0 aliphatic heterocycles. The molecule has 1 aromatic carbocycles. The van der Waals surface area contributed by atoms with Crippen molar-refractivity contribution >= 4 is 5.69 Å². The predicted octanol–water partition coefficient (Wildman–Crippen LogP) is 3.24. The Hall–Kier alpha value is -1.18. The van der Waals surface area contributed by atoms with Gasteiger partial charge in [-0.3, -0.25) is 0 Å². The minimum Gasteiger partial charge on any atom is -0.508 e. The first-order valence-corrected chi connectivity index (χ1v) is 5.19. The first kappa shape index (κ1) is 10.9. The maximum absolute atomic E-state index is 9.30. The lowest BCUT2D eigenvalue weighted by Crippen LogP contribution is -2.24. The molecule has 2 nitrogen and oxygen atoms in total. The summed E-state index contributed by atoms with van der Waals surface area (Å²) in [5.41, 5.74) is 0.991. The molecule has 2 heteroatoms. The van der Waals surface area contributed by atoms with Gasteiger partial charge in [0.15, 0.2) is 0 Å². The summed E-state index contributed by atoms with van der Waals surface area (Å²) in [6.07, 6.45) is 1.09. The molecule has 0 bridgehead atoms. The summed E-state index contributed by atoms with van der Waals surface area (Å²) in [6, 6.07) is 7.74. The van der Waals surface area contributed by atoms with Gasteiger partial charge >= 0.3 is 0 Å². The van der Waals surface area contributed by atoms with Crippen LogP contribution in [-0.2, 0) is 0 Å². The second kappa shape index (κ2) is 4.89. The van der Waals surface area contributed by atoms with E-state index in [9.17, 15) is 5.11 Å². The van der Waals surface area contributed by atoms with Gasteiger partial charge in [0.2, 0.25) is 0 Å². The molecular weight excluding hydrogens is 174 g/mol. The van der Waals surface area contributed by atoms with Crippen LogP contribution < -0.4 is 5.32 Å². The summed E-state index contributed by atoms with van der Waals surface area (Å²) in [7, 11) is 0. The molecule has 2 N–H and O–H groups in total. The second-order valence-corrected chi connectivity index (χ2v) is 3.95. The minimum absolute atomic E-state index is 0.314. The average molecular weight is 193 g/mol. The predicted molar refractivity (Wildman–Crippen MR) is 60.6 cm³/mol. The van der Waals surface area contributed by atoms with Crippen molar-refractivity contribution in [3.05, 3.63) is 24.3 Å². The Morgan fingerprint density at radius 1 is 1.36 bits per heavy atom. The highest BCUT2D eigenvalue weighted by molar-refractivity contribution is 5.48. The van der Waals surface area contributed by atoms with Gasteiger partial charge in [0, 0.05) is 17.8 Å². The van der Waals surface area contributed by atoms with Gasteiger partial charge in [-0.1, -0.05) is 26.8 Å². The second-order valence-electron chi connectivity index (χ2n) is 3.95. The van der Waals surface area contributed by atoms with Gasteiger partial charge in [0.1, 0.15) is 5.75 Å². The quantitative estimate of drug-likeness (QED) is 0.769. The highest BCUT2D eigenvalue weighted by atomic mass is 16.3. The fraction of sp³-hybridized carbons (Fsp3) is 0.500. The number of benzene rings is 1. The third-order valence-corrected chi connectivity index (χ3v) is 2.44. The first-order valence-electron chi connectivity index (χ1n) is 5.19. The van der Waals surface area contributed by atoms with E-state index in [0.29, 0.717) is 17.7 Å². The SMILES string of the molecule is CCC(Nc1cccc(O)c1)C(C)C. The summed E-state index contributed by atoms with van der Waals surface area (Å²) in [5.74, 6) is 0.913. The molecule has 0 amide bonds. The van der Waals surface area contributed by atoms with E-state index in [-0.39, 0.29) is 0 Å². The summed E-state index contributed by atoms with van der Waals surface area (Å²) < 4.78 is 0. The van der Waals surface area contributed by atoms with Gasteiger partial charge in [-0.25, -0.2) is 0 Å². The van der Waals surface area contributed by atoms with Crippen LogP contribution >= 0.6 is 0 Å². The van der Waals surface area contributed by atoms with Gasteiger partial charge in [0.25, 0.3) is 0 Å². The highest BCUT2D eigenvalue weighted by Gasteiger charge is 2.10. The highest BCUT2D eigenvalue weighted by Crippen LogP contribution is 2.19. The monoisotopic (exact) mass is 193 g/mol. The fourth-order valence-electron chi connectivity index (χ4n) is 1.55. The third kappa shape index (κ3) is 2.95. The van der Waals surface area contributed by atoms with Crippen molar-refractivity contribution in [2.75, 3.05) is 5.32 Å². The number of nitrogens with one attached hydrogen (secondary N) is 1. The summed E-state index contributed by atoms with van der Waals surface area (Å²) in [4.78, 5) is 0. The number of hydrogen-bond acceptors (Lipinski definition) is 2. The van der Waals surface area contributed by atoms with E-state index in [4.69, 9.17) is 0 Å². The molecule has 1 rings (SSSR count). The van der Waals surface area contributed by atoms with Crippen LogP contribution in [0.15, 0.2) is 24.3 Å². The first-order chi connectivity index (χ1) is 6.63. The Kier molecular flexibility index (Phi) is 3.81. The topological polar surface area (TPSA) is 32.3 Å². The lowest BCUT2D eigenvalue weighted by Gasteiger charge is -2.21. The Morgan fingerprint density at radius 3 is 2.57 bits per heavy atom. The van der Waals surface area contributed by atoms with Crippen molar-refractivity contribution in [1.29, 1.82) is 0 Å². The number of anilines is 1. The smallest absolute Gasteiger partial charge is 0.117 e. The van der Waals surface area contributed by atoms with E-state index in [2.05, 4.69) is 26.1 Å². The Balaban J connectivity index is 2.67. The number of phenolic OH excluding ortho intramolecular Hbond substituents is 1. The normalized spacial score (nSPS) is 12.9. The zero-order valence-electron chi connectivity index (χ0n) is 9.12. The molecule has 1 atom stereocenters. The van der Waals surface area contributed by atoms with Crippen molar-refractivity contribution in [3.8, 4) is 5.75 Å². The summed E-state index contributed by atoms with van der Waals surface area (Å²) >= 11 is 0. The number of hydrogen-bond donors (Lipinski definition) is 2. The average Bonchev–Trinajstić information content (AvgIpc) is 2.14. The van der Waals surface area contributed by atoms with Crippen molar-refractivity contribution in [2.45, 2.75) is 33.2 Å². The molecule has 1 unspecified atom stereocenters. The maximum atomic E-state index is 9.30. The van der Waals surface area contributed by atoms with Crippen LogP contribution in [0.1, 0.15) is 27.2 Å². The number of rotatable bonds is 4. The molecule has 0 aliphatic carbocycles. The molecule has 0 saturated heterocycles. The molecule has 1 aromatic rings. The van der Waals surface area contributed by atoms with Crippen molar-refractivity contribution in [3.63, 3.8) is 0 Å². The maximum Gasteiger partial charge on any atom is 0.117 e. The van der Waals surface area contributed by atoms with E-state index in [1.54, 1.807) is 12.1 Å². The molecule has 78 valence electrons. The van der Waals surface area contributed by atoms with Crippen LogP contribution in [0.2, 0.25) is 0 Å². The van der Waals surface area contributed by atoms with Crippen LogP contribution in [0.3, 0.4) is 0 Å². The fourth-order valence-corrected chi connectivity index (χ4v) is 1.55. The Bertz CT molecular complexity index is 283. The van der Waals surface area contributed by atoms with E-state index in [0.717, 1.165) is 12.1 Å². The molecule has 0 aliphatic rings. The number of aromatic hydroxyl groups is 1. The largest absolute Gasteiger partial charge is 0.508 e. The molecule has 0 radical (unpaired) electrons. The summed E-state index contributed by atoms with van der Waals surface area (Å²) in [5, 5.41) is 12.7. The van der Waals surface area contributed by atoms with Gasteiger partial charge < -0.3 is 10.4 Å². The lowest BCUT2D eigenvalue weighted by molar-refractivity contribution is 0.474. The van der Waals surface area contributed by atoms with Crippen molar-refractivity contribution in [1.82, 2.24) is 0 Å². The van der Waals surface area contributed by atoms with Gasteiger partial charge in [0.05, 0.1) is 0 Å². The van der Waals surface area contributed by atoms with E-state index in [1.807, 2.05) is 12.1 Å². The molecule has 0 spiro atoms. The summed E-state index contributed by atoms with van der Waals surface area (Å²) in [6.45, 7) is 6.56. The zero-order valence-corrected chi connectivity index (χ0v) is 9.12. The van der Waals surface area contributed by atoms with Crippen LogP contribution in [0.5, 0.6) is 5.75 Å². The van der Waals surface area contributed by atoms with E-state index >= 15 is 0 Å². The molecule has 0 heterocycles. The van der Waals surface area contributed by atoms with Crippen LogP contribution in [0.4, 0.5) is 5.69 Å². The van der Waals surface area contributed by atoms with E-state index in [1.165, 1.54) is 0 Å².